The van der Waals surface area contributed by atoms with E-state index in [0.29, 0.717) is 21.3 Å². The number of nitrogens with one attached hydrogen (secondary N) is 1. The third kappa shape index (κ3) is 1.82. The topological polar surface area (TPSA) is 61.9 Å². The van der Waals surface area contributed by atoms with Gasteiger partial charge < -0.3 is 9.88 Å². The second-order valence-corrected chi connectivity index (χ2v) is 4.90. The van der Waals surface area contributed by atoms with Crippen LogP contribution in [0.3, 0.4) is 0 Å². The van der Waals surface area contributed by atoms with Gasteiger partial charge in [-0.25, -0.2) is 9.97 Å². The van der Waals surface area contributed by atoms with Gasteiger partial charge in [0.05, 0.1) is 11.8 Å². The molecule has 0 radical (unpaired) electrons. The molecule has 1 amide bonds. The molecule has 1 aliphatic rings. The molecule has 0 saturated carbocycles. The zero-order valence-corrected chi connectivity index (χ0v) is 10.7. The number of rotatable bonds is 1. The van der Waals surface area contributed by atoms with Crippen molar-refractivity contribution in [2.45, 2.75) is 12.8 Å². The molecule has 17 heavy (non-hydrogen) atoms. The summed E-state index contributed by atoms with van der Waals surface area (Å²) < 4.78 is 0.639. The van der Waals surface area contributed by atoms with Gasteiger partial charge in [0.1, 0.15) is 10.1 Å². The number of carbonyl (C=O) groups excluding carboxylic acids is 1. The lowest BCUT2D eigenvalue weighted by Gasteiger charge is -2.13. The Morgan fingerprint density at radius 3 is 2.94 bits per heavy atom. The lowest BCUT2D eigenvalue weighted by molar-refractivity contribution is 0.0794. The summed E-state index contributed by atoms with van der Waals surface area (Å²) in [4.78, 5) is 25.6. The molecule has 1 fully saturated rings. The van der Waals surface area contributed by atoms with Crippen LogP contribution in [0, 0.1) is 0 Å². The molecule has 1 saturated heterocycles. The number of fused-ring (bicyclic) bond motifs is 1. The van der Waals surface area contributed by atoms with E-state index in [1.54, 1.807) is 12.4 Å². The van der Waals surface area contributed by atoms with E-state index >= 15 is 0 Å². The number of likely N-dealkylation sites (tertiary alicyclic amines) is 1. The molecule has 3 rings (SSSR count). The van der Waals surface area contributed by atoms with Crippen molar-refractivity contribution in [2.75, 3.05) is 13.1 Å². The van der Waals surface area contributed by atoms with E-state index in [2.05, 4.69) is 30.9 Å². The first-order valence-electron chi connectivity index (χ1n) is 5.54. The predicted molar refractivity (Wildman–Crippen MR) is 66.7 cm³/mol. The molecule has 0 aromatic carbocycles. The number of halogens is 1. The van der Waals surface area contributed by atoms with Crippen LogP contribution in [0.1, 0.15) is 23.2 Å². The lowest BCUT2D eigenvalue weighted by atomic mass is 10.2. The fraction of sp³-hybridized carbons (Fsp3) is 0.364. The summed E-state index contributed by atoms with van der Waals surface area (Å²) in [5.74, 6) is 0.0427. The van der Waals surface area contributed by atoms with Crippen LogP contribution in [0.4, 0.5) is 0 Å². The predicted octanol–water partition coefficient (Wildman–Crippen LogP) is 1.96. The molecule has 0 spiro atoms. The van der Waals surface area contributed by atoms with E-state index in [4.69, 9.17) is 0 Å². The normalized spacial score (nSPS) is 15.7. The second kappa shape index (κ2) is 4.10. The van der Waals surface area contributed by atoms with Gasteiger partial charge in [0.25, 0.3) is 5.91 Å². The molecule has 3 heterocycles. The zero-order chi connectivity index (χ0) is 11.8. The molecule has 5 nitrogen and oxygen atoms in total. The highest BCUT2D eigenvalue weighted by Crippen LogP contribution is 2.20. The first-order valence-corrected chi connectivity index (χ1v) is 6.34. The van der Waals surface area contributed by atoms with E-state index in [1.807, 2.05) is 4.90 Å². The number of hydrogen-bond acceptors (Lipinski definition) is 3. The highest BCUT2D eigenvalue weighted by Gasteiger charge is 2.23. The number of amides is 1. The van der Waals surface area contributed by atoms with Gasteiger partial charge in [-0.2, -0.15) is 0 Å². The number of carbonyl (C=O) groups is 1. The summed E-state index contributed by atoms with van der Waals surface area (Å²) in [6, 6.07) is 0. The molecule has 2 aromatic rings. The molecule has 0 atom stereocenters. The Labute approximate surface area is 106 Å². The second-order valence-electron chi connectivity index (χ2n) is 4.09. The van der Waals surface area contributed by atoms with Crippen LogP contribution in [-0.2, 0) is 0 Å². The van der Waals surface area contributed by atoms with Gasteiger partial charge in [-0.3, -0.25) is 4.79 Å². The SMILES string of the molecule is O=C(c1c[nH]c2ncc(Br)nc12)N1CCCC1. The van der Waals surface area contributed by atoms with E-state index in [0.717, 1.165) is 25.9 Å². The fourth-order valence-electron chi connectivity index (χ4n) is 2.12. The molecule has 0 aliphatic carbocycles. The average molecular weight is 295 g/mol. The van der Waals surface area contributed by atoms with Crippen molar-refractivity contribution in [3.8, 4) is 0 Å². The summed E-state index contributed by atoms with van der Waals surface area (Å²) in [6.45, 7) is 1.68. The number of aromatic nitrogens is 3. The van der Waals surface area contributed by atoms with Gasteiger partial charge in [0, 0.05) is 19.3 Å². The maximum atomic E-state index is 12.3. The van der Waals surface area contributed by atoms with Gasteiger partial charge in [0.15, 0.2) is 5.65 Å². The van der Waals surface area contributed by atoms with Gasteiger partial charge in [-0.05, 0) is 28.8 Å². The van der Waals surface area contributed by atoms with Crippen molar-refractivity contribution >= 4 is 33.0 Å². The molecule has 88 valence electrons. The van der Waals surface area contributed by atoms with Gasteiger partial charge >= 0.3 is 0 Å². The van der Waals surface area contributed by atoms with E-state index in [9.17, 15) is 4.79 Å². The van der Waals surface area contributed by atoms with Gasteiger partial charge in [-0.1, -0.05) is 0 Å². The molecule has 0 bridgehead atoms. The minimum Gasteiger partial charge on any atom is -0.344 e. The Bertz CT molecular complexity index is 574. The summed E-state index contributed by atoms with van der Waals surface area (Å²) in [7, 11) is 0. The third-order valence-corrected chi connectivity index (χ3v) is 3.36. The van der Waals surface area contributed by atoms with E-state index < -0.39 is 0 Å². The fourth-order valence-corrected chi connectivity index (χ4v) is 2.40. The van der Waals surface area contributed by atoms with Crippen LogP contribution >= 0.6 is 15.9 Å². The van der Waals surface area contributed by atoms with Crippen molar-refractivity contribution in [1.29, 1.82) is 0 Å². The Morgan fingerprint density at radius 1 is 1.41 bits per heavy atom. The van der Waals surface area contributed by atoms with Gasteiger partial charge in [-0.15, -0.1) is 0 Å². The summed E-state index contributed by atoms with van der Waals surface area (Å²) >= 11 is 3.27. The van der Waals surface area contributed by atoms with Crippen molar-refractivity contribution in [3.05, 3.63) is 22.6 Å². The Kier molecular flexibility index (Phi) is 2.58. The molecule has 2 aromatic heterocycles. The number of aromatic amines is 1. The standard InChI is InChI=1S/C11H11BrN4O/c12-8-6-14-10-9(15-8)7(5-13-10)11(17)16-3-1-2-4-16/h5-6H,1-4H2,(H,13,14). The molecule has 0 unspecified atom stereocenters. The van der Waals surface area contributed by atoms with Crippen LogP contribution in [0.25, 0.3) is 11.2 Å². The molecular weight excluding hydrogens is 284 g/mol. The third-order valence-electron chi connectivity index (χ3n) is 2.98. The van der Waals surface area contributed by atoms with Crippen LogP contribution < -0.4 is 0 Å². The highest BCUT2D eigenvalue weighted by atomic mass is 79.9. The first kappa shape index (κ1) is 10.7. The van der Waals surface area contributed by atoms with Crippen LogP contribution in [0.15, 0.2) is 17.0 Å². The minimum atomic E-state index is 0.0427. The highest BCUT2D eigenvalue weighted by molar-refractivity contribution is 9.10. The average Bonchev–Trinajstić information content (AvgIpc) is 2.97. The molecule has 1 N–H and O–H groups in total. The van der Waals surface area contributed by atoms with Crippen molar-refractivity contribution in [2.24, 2.45) is 0 Å². The van der Waals surface area contributed by atoms with Crippen molar-refractivity contribution < 1.29 is 4.79 Å². The Balaban J connectivity index is 2.04. The first-order chi connectivity index (χ1) is 8.25. The van der Waals surface area contributed by atoms with E-state index in [1.165, 1.54) is 0 Å². The summed E-state index contributed by atoms with van der Waals surface area (Å²) in [5, 5.41) is 0. The largest absolute Gasteiger partial charge is 0.344 e. The Morgan fingerprint density at radius 2 is 2.18 bits per heavy atom. The lowest BCUT2D eigenvalue weighted by Crippen LogP contribution is -2.27. The minimum absolute atomic E-state index is 0.0427. The molecule has 1 aliphatic heterocycles. The number of H-pyrrole nitrogens is 1. The zero-order valence-electron chi connectivity index (χ0n) is 9.11. The van der Waals surface area contributed by atoms with E-state index in [-0.39, 0.29) is 5.91 Å². The number of hydrogen-bond donors (Lipinski definition) is 1. The van der Waals surface area contributed by atoms with Crippen molar-refractivity contribution in [1.82, 2.24) is 19.9 Å². The summed E-state index contributed by atoms with van der Waals surface area (Å²) in [5.41, 5.74) is 1.89. The van der Waals surface area contributed by atoms with Crippen LogP contribution in [0.2, 0.25) is 0 Å². The smallest absolute Gasteiger partial charge is 0.257 e. The number of nitrogens with zero attached hydrogens (tertiary/aromatic N) is 3. The summed E-state index contributed by atoms with van der Waals surface area (Å²) in [6.07, 6.45) is 5.48. The maximum Gasteiger partial charge on any atom is 0.257 e. The van der Waals surface area contributed by atoms with Crippen LogP contribution in [0.5, 0.6) is 0 Å². The molecular formula is C11H11BrN4O. The van der Waals surface area contributed by atoms with Crippen molar-refractivity contribution in [3.63, 3.8) is 0 Å². The molecule has 6 heteroatoms. The van der Waals surface area contributed by atoms with Gasteiger partial charge in [0.2, 0.25) is 0 Å². The Hall–Kier alpha value is -1.43. The maximum absolute atomic E-state index is 12.3. The van der Waals surface area contributed by atoms with Crippen LogP contribution in [-0.4, -0.2) is 38.8 Å². The monoisotopic (exact) mass is 294 g/mol. The quantitative estimate of drug-likeness (QED) is 0.874.